The van der Waals surface area contributed by atoms with Crippen LogP contribution in [0.1, 0.15) is 0 Å². The average Bonchev–Trinajstić information content (AvgIpc) is 4.09. The van der Waals surface area contributed by atoms with Crippen molar-refractivity contribution in [3.8, 4) is 33.6 Å². The summed E-state index contributed by atoms with van der Waals surface area (Å²) in [6.45, 7) is 0. The molecule has 0 saturated carbocycles. The standard InChI is InChI=1S/C66H44N2SSi/c1-5-19-45(20-6-1)46-35-38-63-58(41-46)57-32-18-31-54(47-36-40-65-60(42-47)56-30-14-16-34-64(56)69-65)66(57)68(63)49-37-39-62-59(44-49)55-29-13-15-33-61(55)67(62)48-21-17-28-53(43-48)70(50-22-7-2-8-23-50,51-24-9-3-10-25-51)52-26-11-4-12-27-52/h1-44H. The highest BCUT2D eigenvalue weighted by Gasteiger charge is 2.41. The van der Waals surface area contributed by atoms with E-state index in [9.17, 15) is 0 Å². The zero-order valence-corrected chi connectivity index (χ0v) is 40.0. The highest BCUT2D eigenvalue weighted by atomic mass is 32.1. The van der Waals surface area contributed by atoms with Gasteiger partial charge in [0.05, 0.1) is 22.1 Å². The van der Waals surface area contributed by atoms with Crippen LogP contribution in [0.15, 0.2) is 267 Å². The Morgan fingerprint density at radius 1 is 0.271 bits per heavy atom. The Balaban J connectivity index is 1.00. The average molecular weight is 925 g/mol. The fraction of sp³-hybridized carbons (Fsp3) is 0. The third kappa shape index (κ3) is 6.24. The predicted octanol–water partition coefficient (Wildman–Crippen LogP) is 15.0. The molecule has 70 heavy (non-hydrogen) atoms. The van der Waals surface area contributed by atoms with Gasteiger partial charge in [0.25, 0.3) is 0 Å². The van der Waals surface area contributed by atoms with E-state index in [-0.39, 0.29) is 0 Å². The highest BCUT2D eigenvalue weighted by Crippen LogP contribution is 2.43. The van der Waals surface area contributed by atoms with Gasteiger partial charge in [-0.3, -0.25) is 0 Å². The van der Waals surface area contributed by atoms with E-state index in [1.165, 1.54) is 107 Å². The first kappa shape index (κ1) is 40.5. The molecule has 0 spiro atoms. The normalized spacial score (nSPS) is 12.0. The molecule has 0 bridgehead atoms. The second-order valence-corrected chi connectivity index (χ2v) is 23.3. The Bertz CT molecular complexity index is 4190. The van der Waals surface area contributed by atoms with Crippen LogP contribution in [-0.2, 0) is 0 Å². The summed E-state index contributed by atoms with van der Waals surface area (Å²) < 4.78 is 7.64. The Hall–Kier alpha value is -8.54. The van der Waals surface area contributed by atoms with Crippen molar-refractivity contribution in [1.82, 2.24) is 9.13 Å². The maximum absolute atomic E-state index is 2.78. The summed E-state index contributed by atoms with van der Waals surface area (Å²) in [5.74, 6) is 0. The van der Waals surface area contributed by atoms with Gasteiger partial charge in [0, 0.05) is 58.7 Å². The van der Waals surface area contributed by atoms with Gasteiger partial charge in [-0.1, -0.05) is 200 Å². The largest absolute Gasteiger partial charge is 0.309 e. The van der Waals surface area contributed by atoms with Crippen LogP contribution in [0.2, 0.25) is 0 Å². The van der Waals surface area contributed by atoms with Crippen molar-refractivity contribution < 1.29 is 0 Å². The Labute approximate surface area is 411 Å². The minimum Gasteiger partial charge on any atom is -0.309 e. The summed E-state index contributed by atoms with van der Waals surface area (Å²) in [5.41, 5.74) is 11.9. The van der Waals surface area contributed by atoms with Crippen LogP contribution in [0, 0.1) is 0 Å². The van der Waals surface area contributed by atoms with Gasteiger partial charge in [0.1, 0.15) is 0 Å². The van der Waals surface area contributed by atoms with Gasteiger partial charge in [-0.25, -0.2) is 0 Å². The number of aromatic nitrogens is 2. The van der Waals surface area contributed by atoms with Crippen LogP contribution in [-0.4, -0.2) is 17.2 Å². The molecule has 0 amide bonds. The van der Waals surface area contributed by atoms with Gasteiger partial charge in [-0.2, -0.15) is 0 Å². The summed E-state index contributed by atoms with van der Waals surface area (Å²) in [4.78, 5) is 0. The van der Waals surface area contributed by atoms with Crippen molar-refractivity contribution in [3.63, 3.8) is 0 Å². The van der Waals surface area contributed by atoms with Crippen molar-refractivity contribution in [1.29, 1.82) is 0 Å². The van der Waals surface area contributed by atoms with Crippen LogP contribution in [0.4, 0.5) is 0 Å². The van der Waals surface area contributed by atoms with E-state index in [0.29, 0.717) is 0 Å². The van der Waals surface area contributed by atoms with Crippen LogP contribution < -0.4 is 20.7 Å². The summed E-state index contributed by atoms with van der Waals surface area (Å²) in [6, 6.07) is 99.6. The fourth-order valence-electron chi connectivity index (χ4n) is 11.6. The molecule has 0 atom stereocenters. The molecule has 328 valence electrons. The second-order valence-electron chi connectivity index (χ2n) is 18.4. The SMILES string of the molecule is c1ccc(-c2ccc3c(c2)c2cccc(-c4ccc5sc6ccccc6c5c4)c2n3-c2ccc3c(c2)c2ccccc2n3-c2cccc([Si](c3ccccc3)(c3ccccc3)c3ccccc3)c2)cc1. The molecular weight excluding hydrogens is 881 g/mol. The summed E-state index contributed by atoms with van der Waals surface area (Å²) in [6.07, 6.45) is 0. The minimum absolute atomic E-state index is 1.13. The maximum atomic E-state index is 2.52. The lowest BCUT2D eigenvalue weighted by atomic mass is 9.99. The third-order valence-electron chi connectivity index (χ3n) is 14.7. The van der Waals surface area contributed by atoms with Gasteiger partial charge < -0.3 is 9.13 Å². The molecule has 3 aromatic heterocycles. The van der Waals surface area contributed by atoms with Gasteiger partial charge in [0.2, 0.25) is 0 Å². The van der Waals surface area contributed by atoms with E-state index in [2.05, 4.69) is 276 Å². The first-order valence-corrected chi connectivity index (χ1v) is 26.9. The monoisotopic (exact) mass is 924 g/mol. The third-order valence-corrected chi connectivity index (χ3v) is 20.6. The van der Waals surface area contributed by atoms with Crippen LogP contribution in [0.5, 0.6) is 0 Å². The Morgan fingerprint density at radius 3 is 1.53 bits per heavy atom. The first-order chi connectivity index (χ1) is 34.7. The van der Waals surface area contributed by atoms with Crippen molar-refractivity contribution in [2.24, 2.45) is 0 Å². The molecule has 3 heterocycles. The highest BCUT2D eigenvalue weighted by molar-refractivity contribution is 7.25. The van der Waals surface area contributed by atoms with Crippen molar-refractivity contribution in [2.45, 2.75) is 0 Å². The van der Waals surface area contributed by atoms with Gasteiger partial charge in [0.15, 0.2) is 8.07 Å². The Morgan fingerprint density at radius 2 is 0.786 bits per heavy atom. The molecule has 4 heteroatoms. The zero-order valence-electron chi connectivity index (χ0n) is 38.2. The molecule has 11 aromatic carbocycles. The lowest BCUT2D eigenvalue weighted by molar-refractivity contribution is 1.17. The van der Waals surface area contributed by atoms with Crippen molar-refractivity contribution >= 4 is 104 Å². The number of para-hydroxylation sites is 2. The molecular formula is C66H44N2SSi. The van der Waals surface area contributed by atoms with Gasteiger partial charge in [-0.05, 0) is 104 Å². The molecule has 14 aromatic rings. The summed E-state index contributed by atoms with van der Waals surface area (Å²) >= 11 is 1.87. The molecule has 14 rings (SSSR count). The van der Waals surface area contributed by atoms with Crippen LogP contribution in [0.25, 0.3) is 97.4 Å². The van der Waals surface area contributed by atoms with Crippen LogP contribution in [0.3, 0.4) is 0 Å². The van der Waals surface area contributed by atoms with Gasteiger partial charge in [-0.15, -0.1) is 11.3 Å². The number of nitrogens with zero attached hydrogens (tertiary/aromatic N) is 2. The lowest BCUT2D eigenvalue weighted by Crippen LogP contribution is -2.74. The topological polar surface area (TPSA) is 9.86 Å². The van der Waals surface area contributed by atoms with Crippen LogP contribution >= 0.6 is 11.3 Å². The van der Waals surface area contributed by atoms with E-state index in [4.69, 9.17) is 0 Å². The van der Waals surface area contributed by atoms with E-state index >= 15 is 0 Å². The summed E-state index contributed by atoms with van der Waals surface area (Å²) in [5, 5.41) is 13.0. The number of rotatable bonds is 8. The molecule has 0 unspecified atom stereocenters. The lowest BCUT2D eigenvalue weighted by Gasteiger charge is -2.34. The van der Waals surface area contributed by atoms with E-state index in [1.807, 2.05) is 11.3 Å². The van der Waals surface area contributed by atoms with E-state index in [0.717, 1.165) is 11.4 Å². The number of fused-ring (bicyclic) bond motifs is 9. The quantitative estimate of drug-likeness (QED) is 0.106. The zero-order chi connectivity index (χ0) is 46.2. The smallest absolute Gasteiger partial charge is 0.179 e. The second kappa shape index (κ2) is 16.3. The Kier molecular flexibility index (Phi) is 9.44. The predicted molar refractivity (Wildman–Crippen MR) is 302 cm³/mol. The van der Waals surface area contributed by atoms with Crippen molar-refractivity contribution in [3.05, 3.63) is 267 Å². The molecule has 0 aliphatic heterocycles. The molecule has 0 saturated heterocycles. The van der Waals surface area contributed by atoms with E-state index in [1.54, 1.807) is 0 Å². The summed E-state index contributed by atoms with van der Waals surface area (Å²) in [7, 11) is -2.78. The fourth-order valence-corrected chi connectivity index (χ4v) is 17.5. The number of thiophene rings is 1. The number of hydrogen-bond acceptors (Lipinski definition) is 1. The molecule has 0 radical (unpaired) electrons. The minimum atomic E-state index is -2.78. The molecule has 0 aliphatic rings. The molecule has 0 aliphatic carbocycles. The number of hydrogen-bond donors (Lipinski definition) is 0. The molecule has 0 N–H and O–H groups in total. The van der Waals surface area contributed by atoms with Gasteiger partial charge >= 0.3 is 0 Å². The molecule has 0 fully saturated rings. The maximum Gasteiger partial charge on any atom is 0.179 e. The van der Waals surface area contributed by atoms with E-state index < -0.39 is 8.07 Å². The first-order valence-electron chi connectivity index (χ1n) is 24.1. The molecule has 2 nitrogen and oxygen atoms in total. The van der Waals surface area contributed by atoms with Crippen molar-refractivity contribution in [2.75, 3.05) is 0 Å². The number of benzene rings is 11.